The molecule has 0 radical (unpaired) electrons. The third-order valence-corrected chi connectivity index (χ3v) is 5.94. The second-order valence-electron chi connectivity index (χ2n) is 7.86. The molecule has 0 fully saturated rings. The quantitative estimate of drug-likeness (QED) is 0.343. The number of halogens is 6. The van der Waals surface area contributed by atoms with Crippen LogP contribution in [0.5, 0.6) is 0 Å². The maximum Gasteiger partial charge on any atom is 0.416 e. The van der Waals surface area contributed by atoms with Crippen LogP contribution in [0, 0.1) is 0 Å². The molecule has 0 amide bonds. The topological polar surface area (TPSA) is 124 Å². The van der Waals surface area contributed by atoms with Crippen molar-refractivity contribution in [1.29, 1.82) is 0 Å². The largest absolute Gasteiger partial charge is 0.416 e. The molecule has 1 aromatic carbocycles. The zero-order valence-corrected chi connectivity index (χ0v) is 21.0. The van der Waals surface area contributed by atoms with Gasteiger partial charge in [-0.15, -0.1) is 10.2 Å². The molecule has 0 aliphatic rings. The number of pyridine rings is 1. The van der Waals surface area contributed by atoms with Gasteiger partial charge in [0.1, 0.15) is 18.3 Å². The highest BCUT2D eigenvalue weighted by Gasteiger charge is 2.39. The number of hydrogen-bond acceptors (Lipinski definition) is 7. The third-order valence-electron chi connectivity index (χ3n) is 5.14. The Kier molecular flexibility index (Phi) is 7.62. The first-order valence-corrected chi connectivity index (χ1v) is 11.6. The molecule has 0 aliphatic heterocycles. The Labute approximate surface area is 221 Å². The molecule has 4 rings (SSSR count). The SMILES string of the molecule is C[C@H](O)c1nc(Cn2nc(-c3ccc(Cl)cc3)n(C[C@H](O)C(F)(F)F)c2=O)nn1-c1c(Cl)cncc1Cl. The van der Waals surface area contributed by atoms with E-state index in [1.54, 1.807) is 0 Å². The van der Waals surface area contributed by atoms with Crippen molar-refractivity contribution in [3.63, 3.8) is 0 Å². The molecule has 0 saturated heterocycles. The summed E-state index contributed by atoms with van der Waals surface area (Å²) in [7, 11) is 0. The first-order chi connectivity index (χ1) is 17.4. The summed E-state index contributed by atoms with van der Waals surface area (Å²) in [6.45, 7) is -0.0593. The zero-order chi connectivity index (χ0) is 27.1. The predicted molar refractivity (Wildman–Crippen MR) is 128 cm³/mol. The van der Waals surface area contributed by atoms with Gasteiger partial charge in [0.05, 0.1) is 16.6 Å². The fraction of sp³-hybridized carbons (Fsp3) is 0.286. The van der Waals surface area contributed by atoms with Crippen LogP contribution >= 0.6 is 34.8 Å². The van der Waals surface area contributed by atoms with Gasteiger partial charge in [-0.3, -0.25) is 9.55 Å². The van der Waals surface area contributed by atoms with Crippen LogP contribution in [0.15, 0.2) is 41.5 Å². The van der Waals surface area contributed by atoms with Crippen molar-refractivity contribution >= 4 is 34.8 Å². The normalized spacial score (nSPS) is 13.6. The maximum absolute atomic E-state index is 13.1. The minimum absolute atomic E-state index is 0.0226. The zero-order valence-electron chi connectivity index (χ0n) is 18.7. The Morgan fingerprint density at radius 3 is 2.22 bits per heavy atom. The van der Waals surface area contributed by atoms with Gasteiger partial charge >= 0.3 is 11.9 Å². The summed E-state index contributed by atoms with van der Waals surface area (Å²) in [5.74, 6) is -0.131. The van der Waals surface area contributed by atoms with Crippen LogP contribution in [0.25, 0.3) is 17.1 Å². The minimum Gasteiger partial charge on any atom is -0.385 e. The standard InChI is InChI=1S/C21H17Cl3F3N7O3/c1-10(35)18-29-16(30-34(18)17-13(23)6-28-7-14(17)24)9-33-20(37)32(8-15(36)21(25,26)27)19(31-33)11-2-4-12(22)5-3-11/h2-7,10,15,35-36H,8-9H2,1H3/t10-,15-/m0/s1. The van der Waals surface area contributed by atoms with Crippen LogP contribution in [0.2, 0.25) is 15.1 Å². The fourth-order valence-corrected chi connectivity index (χ4v) is 4.06. The molecule has 0 bridgehead atoms. The van der Waals surface area contributed by atoms with E-state index in [1.165, 1.54) is 48.3 Å². The van der Waals surface area contributed by atoms with Crippen LogP contribution < -0.4 is 5.69 Å². The molecule has 2 atom stereocenters. The van der Waals surface area contributed by atoms with Gasteiger partial charge in [0.25, 0.3) is 0 Å². The van der Waals surface area contributed by atoms with Gasteiger partial charge in [-0.1, -0.05) is 34.8 Å². The molecule has 16 heteroatoms. The highest BCUT2D eigenvalue weighted by atomic mass is 35.5. The molecular formula is C21H17Cl3F3N7O3. The van der Waals surface area contributed by atoms with Crippen molar-refractivity contribution in [2.75, 3.05) is 0 Å². The van der Waals surface area contributed by atoms with Gasteiger partial charge in [0.15, 0.2) is 23.6 Å². The molecule has 2 N–H and O–H groups in total. The molecular weight excluding hydrogens is 562 g/mol. The number of nitrogens with zero attached hydrogens (tertiary/aromatic N) is 7. The summed E-state index contributed by atoms with van der Waals surface area (Å²) in [6, 6.07) is 5.89. The van der Waals surface area contributed by atoms with E-state index in [0.717, 1.165) is 4.68 Å². The van der Waals surface area contributed by atoms with Gasteiger partial charge in [0.2, 0.25) is 0 Å². The minimum atomic E-state index is -4.96. The van der Waals surface area contributed by atoms with Crippen molar-refractivity contribution in [2.24, 2.45) is 0 Å². The Morgan fingerprint density at radius 1 is 1.03 bits per heavy atom. The molecule has 3 heterocycles. The van der Waals surface area contributed by atoms with Crippen molar-refractivity contribution in [3.8, 4) is 17.1 Å². The number of alkyl halides is 3. The van der Waals surface area contributed by atoms with Crippen molar-refractivity contribution < 1.29 is 23.4 Å². The molecule has 0 saturated carbocycles. The monoisotopic (exact) mass is 577 g/mol. The number of rotatable bonds is 7. The smallest absolute Gasteiger partial charge is 0.385 e. The molecule has 4 aromatic rings. The Bertz CT molecular complexity index is 1460. The summed E-state index contributed by atoms with van der Waals surface area (Å²) in [6.07, 6.45) is -6.29. The highest BCUT2D eigenvalue weighted by molar-refractivity contribution is 6.37. The van der Waals surface area contributed by atoms with E-state index >= 15 is 0 Å². The first-order valence-electron chi connectivity index (χ1n) is 10.5. The molecule has 3 aromatic heterocycles. The van der Waals surface area contributed by atoms with E-state index in [1.807, 2.05) is 0 Å². The van der Waals surface area contributed by atoms with Crippen LogP contribution in [0.4, 0.5) is 13.2 Å². The predicted octanol–water partition coefficient (Wildman–Crippen LogP) is 3.67. The lowest BCUT2D eigenvalue weighted by Gasteiger charge is -2.15. The second-order valence-corrected chi connectivity index (χ2v) is 9.12. The average Bonchev–Trinajstić information content (AvgIpc) is 3.36. The van der Waals surface area contributed by atoms with Crippen molar-refractivity contribution in [3.05, 3.63) is 73.9 Å². The van der Waals surface area contributed by atoms with E-state index in [4.69, 9.17) is 34.8 Å². The number of hydrogen-bond donors (Lipinski definition) is 2. The second kappa shape index (κ2) is 10.4. The highest BCUT2D eigenvalue weighted by Crippen LogP contribution is 2.29. The number of aromatic nitrogens is 7. The molecule has 0 spiro atoms. The van der Waals surface area contributed by atoms with Crippen molar-refractivity contribution in [1.82, 2.24) is 34.1 Å². The summed E-state index contributed by atoms with van der Waals surface area (Å²) in [5.41, 5.74) is -0.489. The van der Waals surface area contributed by atoms with Gasteiger partial charge in [-0.05, 0) is 31.2 Å². The van der Waals surface area contributed by atoms with E-state index in [2.05, 4.69) is 20.2 Å². The lowest BCUT2D eigenvalue weighted by atomic mass is 10.2. The Hall–Kier alpha value is -2.97. The van der Waals surface area contributed by atoms with Gasteiger partial charge < -0.3 is 10.2 Å². The van der Waals surface area contributed by atoms with E-state index in [-0.39, 0.29) is 45.3 Å². The molecule has 0 aliphatic carbocycles. The molecule has 0 unspecified atom stereocenters. The van der Waals surface area contributed by atoms with Gasteiger partial charge in [-0.25, -0.2) is 19.1 Å². The third kappa shape index (κ3) is 5.65. The fourth-order valence-electron chi connectivity index (χ4n) is 3.41. The molecule has 196 valence electrons. The molecule has 10 nitrogen and oxygen atoms in total. The number of benzene rings is 1. The lowest BCUT2D eigenvalue weighted by Crippen LogP contribution is -2.37. The molecule has 37 heavy (non-hydrogen) atoms. The van der Waals surface area contributed by atoms with Crippen LogP contribution in [0.3, 0.4) is 0 Å². The van der Waals surface area contributed by atoms with E-state index in [9.17, 15) is 28.2 Å². The summed E-state index contributed by atoms with van der Waals surface area (Å²) < 4.78 is 41.9. The first kappa shape index (κ1) is 27.1. The van der Waals surface area contributed by atoms with Crippen molar-refractivity contribution in [2.45, 2.75) is 38.4 Å². The van der Waals surface area contributed by atoms with E-state index < -0.39 is 30.6 Å². The summed E-state index contributed by atoms with van der Waals surface area (Å²) >= 11 is 18.3. The van der Waals surface area contributed by atoms with E-state index in [0.29, 0.717) is 9.59 Å². The van der Waals surface area contributed by atoms with Crippen LogP contribution in [0.1, 0.15) is 24.7 Å². The summed E-state index contributed by atoms with van der Waals surface area (Å²) in [4.78, 5) is 21.2. The Morgan fingerprint density at radius 2 is 1.65 bits per heavy atom. The average molecular weight is 579 g/mol. The summed E-state index contributed by atoms with van der Waals surface area (Å²) in [5, 5.41) is 28.9. The van der Waals surface area contributed by atoms with Gasteiger partial charge in [-0.2, -0.15) is 13.2 Å². The van der Waals surface area contributed by atoms with Gasteiger partial charge in [0, 0.05) is 23.0 Å². The number of aliphatic hydroxyl groups is 2. The lowest BCUT2D eigenvalue weighted by molar-refractivity contribution is -0.207. The number of aliphatic hydroxyl groups excluding tert-OH is 2. The van der Waals surface area contributed by atoms with Crippen LogP contribution in [-0.2, 0) is 13.1 Å². The van der Waals surface area contributed by atoms with Crippen LogP contribution in [-0.4, -0.2) is 56.6 Å². The maximum atomic E-state index is 13.1. The Balaban J connectivity index is 1.79.